The molecule has 1 aromatic rings. The van der Waals surface area contributed by atoms with E-state index in [0.29, 0.717) is 13.0 Å². The molecule has 1 saturated carbocycles. The topological polar surface area (TPSA) is 41.1 Å². The molecule has 1 aliphatic carbocycles. The van der Waals surface area contributed by atoms with Crippen molar-refractivity contribution in [3.63, 3.8) is 0 Å². The largest absolute Gasteiger partial charge is 0.338 e. The molecule has 0 spiro atoms. The molecule has 1 fully saturated rings. The van der Waals surface area contributed by atoms with Gasteiger partial charge in [0.1, 0.15) is 5.82 Å². The fourth-order valence-corrected chi connectivity index (χ4v) is 2.38. The van der Waals surface area contributed by atoms with Gasteiger partial charge in [0.05, 0.1) is 0 Å². The average molecular weight is 276 g/mol. The number of hydrogen-bond donors (Lipinski definition) is 2. The molecular formula is C16H21FN2O. The van der Waals surface area contributed by atoms with E-state index in [1.165, 1.54) is 37.0 Å². The summed E-state index contributed by atoms with van der Waals surface area (Å²) >= 11 is 0. The van der Waals surface area contributed by atoms with E-state index in [2.05, 4.69) is 10.6 Å². The van der Waals surface area contributed by atoms with E-state index in [-0.39, 0.29) is 11.8 Å². The molecule has 1 aliphatic rings. The molecule has 20 heavy (non-hydrogen) atoms. The average Bonchev–Trinajstić information content (AvgIpc) is 2.46. The minimum absolute atomic E-state index is 0.195. The minimum Gasteiger partial charge on any atom is -0.338 e. The highest BCUT2D eigenvalue weighted by molar-refractivity contribution is 5.74. The predicted molar refractivity (Wildman–Crippen MR) is 77.8 cm³/mol. The second-order valence-electron chi connectivity index (χ2n) is 5.14. The van der Waals surface area contributed by atoms with Gasteiger partial charge in [-0.2, -0.15) is 0 Å². The molecule has 4 heteroatoms. The maximum Gasteiger partial charge on any atom is 0.318 e. The minimum atomic E-state index is -0.242. The number of urea groups is 1. The zero-order valence-electron chi connectivity index (χ0n) is 11.6. The highest BCUT2D eigenvalue weighted by Gasteiger charge is 2.05. The van der Waals surface area contributed by atoms with E-state index in [1.54, 1.807) is 6.07 Å². The predicted octanol–water partition coefficient (Wildman–Crippen LogP) is 3.52. The summed E-state index contributed by atoms with van der Waals surface area (Å²) in [5.74, 6) is -0.242. The van der Waals surface area contributed by atoms with Gasteiger partial charge in [-0.05, 0) is 49.8 Å². The van der Waals surface area contributed by atoms with E-state index >= 15 is 0 Å². The molecule has 0 heterocycles. The van der Waals surface area contributed by atoms with E-state index in [4.69, 9.17) is 0 Å². The highest BCUT2D eigenvalue weighted by atomic mass is 19.1. The standard InChI is InChI=1S/C16H21FN2O/c17-15-8-4-7-13(11-15)9-10-18-16(20)19-12-14-5-2-1-3-6-14/h4,7-8,11-12H,1-3,5-6,9-10H2,(H2,18,19,20). The molecule has 0 unspecified atom stereocenters. The molecule has 0 aromatic heterocycles. The molecule has 3 nitrogen and oxygen atoms in total. The third-order valence-electron chi connectivity index (χ3n) is 3.49. The number of benzene rings is 1. The first kappa shape index (κ1) is 14.6. The number of amides is 2. The van der Waals surface area contributed by atoms with Gasteiger partial charge in [-0.15, -0.1) is 0 Å². The Morgan fingerprint density at radius 3 is 2.80 bits per heavy atom. The SMILES string of the molecule is O=C(NC=C1CCCCC1)NCCc1cccc(F)c1. The maximum atomic E-state index is 13.0. The van der Waals surface area contributed by atoms with E-state index < -0.39 is 0 Å². The lowest BCUT2D eigenvalue weighted by molar-refractivity contribution is 0.244. The third-order valence-corrected chi connectivity index (χ3v) is 3.49. The van der Waals surface area contributed by atoms with Crippen LogP contribution in [0.15, 0.2) is 36.0 Å². The second-order valence-corrected chi connectivity index (χ2v) is 5.14. The van der Waals surface area contributed by atoms with Crippen LogP contribution in [-0.2, 0) is 6.42 Å². The molecule has 2 N–H and O–H groups in total. The van der Waals surface area contributed by atoms with Crippen LogP contribution in [0.1, 0.15) is 37.7 Å². The quantitative estimate of drug-likeness (QED) is 0.868. The summed E-state index contributed by atoms with van der Waals surface area (Å²) in [7, 11) is 0. The normalized spacial score (nSPS) is 14.8. The number of carbonyl (C=O) groups is 1. The first-order chi connectivity index (χ1) is 9.74. The van der Waals surface area contributed by atoms with Crippen molar-refractivity contribution in [1.29, 1.82) is 0 Å². The van der Waals surface area contributed by atoms with Crippen LogP contribution < -0.4 is 10.6 Å². The summed E-state index contributed by atoms with van der Waals surface area (Å²) < 4.78 is 13.0. The molecule has 0 aliphatic heterocycles. The summed E-state index contributed by atoms with van der Waals surface area (Å²) in [6, 6.07) is 6.24. The van der Waals surface area contributed by atoms with Gasteiger partial charge < -0.3 is 10.6 Å². The Morgan fingerprint density at radius 2 is 2.05 bits per heavy atom. The van der Waals surface area contributed by atoms with Gasteiger partial charge in [-0.3, -0.25) is 0 Å². The zero-order chi connectivity index (χ0) is 14.2. The van der Waals surface area contributed by atoms with Crippen LogP contribution in [0.2, 0.25) is 0 Å². The lowest BCUT2D eigenvalue weighted by Crippen LogP contribution is -2.33. The number of hydrogen-bond acceptors (Lipinski definition) is 1. The van der Waals surface area contributed by atoms with Gasteiger partial charge in [0, 0.05) is 12.7 Å². The van der Waals surface area contributed by atoms with Crippen molar-refractivity contribution in [1.82, 2.24) is 10.6 Å². The summed E-state index contributed by atoms with van der Waals surface area (Å²) in [5.41, 5.74) is 2.20. The van der Waals surface area contributed by atoms with Crippen LogP contribution in [0.4, 0.5) is 9.18 Å². The van der Waals surface area contributed by atoms with Gasteiger partial charge in [0.25, 0.3) is 0 Å². The van der Waals surface area contributed by atoms with Crippen LogP contribution in [0.3, 0.4) is 0 Å². The third kappa shape index (κ3) is 5.03. The Morgan fingerprint density at radius 1 is 1.25 bits per heavy atom. The van der Waals surface area contributed by atoms with Crippen molar-refractivity contribution in [2.75, 3.05) is 6.54 Å². The zero-order valence-corrected chi connectivity index (χ0v) is 11.6. The molecule has 1 aromatic carbocycles. The lowest BCUT2D eigenvalue weighted by Gasteiger charge is -2.13. The lowest BCUT2D eigenvalue weighted by atomic mass is 9.96. The summed E-state index contributed by atoms with van der Waals surface area (Å²) in [6.45, 7) is 0.498. The van der Waals surface area contributed by atoms with E-state index in [1.807, 2.05) is 12.3 Å². The summed E-state index contributed by atoms with van der Waals surface area (Å²) in [4.78, 5) is 11.6. The molecule has 2 rings (SSSR count). The number of rotatable bonds is 4. The Labute approximate surface area is 119 Å². The van der Waals surface area contributed by atoms with E-state index in [0.717, 1.165) is 18.4 Å². The Balaban J connectivity index is 1.67. The van der Waals surface area contributed by atoms with E-state index in [9.17, 15) is 9.18 Å². The van der Waals surface area contributed by atoms with Gasteiger partial charge >= 0.3 is 6.03 Å². The molecule has 0 bridgehead atoms. The van der Waals surface area contributed by atoms with Crippen molar-refractivity contribution in [2.24, 2.45) is 0 Å². The molecule has 0 saturated heterocycles. The smallest absolute Gasteiger partial charge is 0.318 e. The van der Waals surface area contributed by atoms with Crippen molar-refractivity contribution in [3.05, 3.63) is 47.4 Å². The second kappa shape index (κ2) is 7.68. The van der Waals surface area contributed by atoms with Crippen molar-refractivity contribution < 1.29 is 9.18 Å². The monoisotopic (exact) mass is 276 g/mol. The fourth-order valence-electron chi connectivity index (χ4n) is 2.38. The molecule has 0 radical (unpaired) electrons. The Bertz CT molecular complexity index is 477. The van der Waals surface area contributed by atoms with Gasteiger partial charge in [-0.25, -0.2) is 9.18 Å². The first-order valence-corrected chi connectivity index (χ1v) is 7.21. The van der Waals surface area contributed by atoms with Gasteiger partial charge in [0.15, 0.2) is 0 Å². The summed E-state index contributed by atoms with van der Waals surface area (Å²) in [6.07, 6.45) is 8.35. The Kier molecular flexibility index (Phi) is 5.59. The van der Waals surface area contributed by atoms with Crippen molar-refractivity contribution in [3.8, 4) is 0 Å². The number of halogens is 1. The van der Waals surface area contributed by atoms with Gasteiger partial charge in [-0.1, -0.05) is 24.1 Å². The van der Waals surface area contributed by atoms with Crippen LogP contribution in [-0.4, -0.2) is 12.6 Å². The van der Waals surface area contributed by atoms with Crippen molar-refractivity contribution >= 4 is 6.03 Å². The first-order valence-electron chi connectivity index (χ1n) is 7.21. The maximum absolute atomic E-state index is 13.0. The molecular weight excluding hydrogens is 255 g/mol. The number of allylic oxidation sites excluding steroid dienone is 1. The summed E-state index contributed by atoms with van der Waals surface area (Å²) in [5, 5.41) is 5.54. The van der Waals surface area contributed by atoms with Gasteiger partial charge in [0.2, 0.25) is 0 Å². The van der Waals surface area contributed by atoms with Crippen LogP contribution >= 0.6 is 0 Å². The molecule has 2 amide bonds. The molecule has 0 atom stereocenters. The fraction of sp³-hybridized carbons (Fsp3) is 0.438. The van der Waals surface area contributed by atoms with Crippen LogP contribution in [0, 0.1) is 5.82 Å². The number of carbonyl (C=O) groups excluding carboxylic acids is 1. The Hall–Kier alpha value is -1.84. The number of nitrogens with one attached hydrogen (secondary N) is 2. The van der Waals surface area contributed by atoms with Crippen LogP contribution in [0.5, 0.6) is 0 Å². The van der Waals surface area contributed by atoms with Crippen LogP contribution in [0.25, 0.3) is 0 Å². The molecule has 108 valence electrons. The van der Waals surface area contributed by atoms with Crippen molar-refractivity contribution in [2.45, 2.75) is 38.5 Å². The highest BCUT2D eigenvalue weighted by Crippen LogP contribution is 2.21.